The molecule has 0 aromatic rings. The van der Waals surface area contributed by atoms with E-state index in [1.54, 1.807) is 0 Å². The van der Waals surface area contributed by atoms with Gasteiger partial charge in [-0.15, -0.1) is 0 Å². The Kier molecular flexibility index (Phi) is 7.83. The molecule has 0 aromatic heterocycles. The summed E-state index contributed by atoms with van der Waals surface area (Å²) in [5.41, 5.74) is 0. The van der Waals surface area contributed by atoms with Gasteiger partial charge in [0.1, 0.15) is 5.78 Å². The van der Waals surface area contributed by atoms with Crippen molar-refractivity contribution >= 4 is 5.78 Å². The summed E-state index contributed by atoms with van der Waals surface area (Å²) in [6.07, 6.45) is 6.80. The maximum Gasteiger partial charge on any atom is 0.135 e. The zero-order valence-corrected chi connectivity index (χ0v) is 10.3. The maximum atomic E-state index is 11.6. The average Bonchev–Trinajstić information content (AvgIpc) is 2.19. The summed E-state index contributed by atoms with van der Waals surface area (Å²) in [6, 6.07) is 0. The second-order valence-corrected chi connectivity index (χ2v) is 4.31. The molecule has 0 aromatic carbocycles. The Hall–Kier alpha value is -0.330. The van der Waals surface area contributed by atoms with E-state index in [4.69, 9.17) is 0 Å². The Morgan fingerprint density at radius 2 is 1.79 bits per heavy atom. The molecule has 2 atom stereocenters. The molecule has 0 bridgehead atoms. The number of Topliss-reactive ketones (excluding diaryl/α,β-unsaturated/α-hetero) is 1. The van der Waals surface area contributed by atoms with Gasteiger partial charge < -0.3 is 0 Å². The molecule has 0 heterocycles. The van der Waals surface area contributed by atoms with Crippen LogP contribution in [0.3, 0.4) is 0 Å². The minimum absolute atomic E-state index is 0.317. The number of unbranched alkanes of at least 4 members (excludes halogenated alkanes) is 2. The van der Waals surface area contributed by atoms with Gasteiger partial charge in [-0.2, -0.15) is 0 Å². The molecule has 0 fully saturated rings. The van der Waals surface area contributed by atoms with Crippen LogP contribution in [0.2, 0.25) is 0 Å². The molecule has 0 spiro atoms. The van der Waals surface area contributed by atoms with Crippen LogP contribution in [-0.4, -0.2) is 5.78 Å². The van der Waals surface area contributed by atoms with E-state index in [1.165, 1.54) is 25.7 Å². The maximum absolute atomic E-state index is 11.6. The zero-order valence-electron chi connectivity index (χ0n) is 10.3. The highest BCUT2D eigenvalue weighted by molar-refractivity contribution is 5.80. The third-order valence-corrected chi connectivity index (χ3v) is 3.15. The van der Waals surface area contributed by atoms with E-state index in [9.17, 15) is 4.79 Å². The molecule has 0 saturated carbocycles. The molecule has 0 aliphatic heterocycles. The van der Waals surface area contributed by atoms with Crippen molar-refractivity contribution in [3.05, 3.63) is 0 Å². The number of hydrogen-bond acceptors (Lipinski definition) is 1. The van der Waals surface area contributed by atoms with Crippen LogP contribution in [0.1, 0.15) is 66.2 Å². The van der Waals surface area contributed by atoms with Gasteiger partial charge in [-0.1, -0.05) is 53.4 Å². The minimum Gasteiger partial charge on any atom is -0.299 e. The number of carbonyl (C=O) groups excluding carboxylic acids is 1. The minimum atomic E-state index is 0.317. The Bertz CT molecular complexity index is 151. The molecular weight excluding hydrogens is 172 g/mol. The van der Waals surface area contributed by atoms with Crippen LogP contribution >= 0.6 is 0 Å². The van der Waals surface area contributed by atoms with Crippen molar-refractivity contribution in [3.63, 3.8) is 0 Å². The third-order valence-electron chi connectivity index (χ3n) is 3.15. The number of rotatable bonds is 8. The summed E-state index contributed by atoms with van der Waals surface area (Å²) < 4.78 is 0. The highest BCUT2D eigenvalue weighted by Crippen LogP contribution is 2.23. The Balaban J connectivity index is 3.91. The first kappa shape index (κ1) is 13.7. The summed E-state index contributed by atoms with van der Waals surface area (Å²) in [7, 11) is 0. The average molecular weight is 198 g/mol. The topological polar surface area (TPSA) is 17.1 Å². The van der Waals surface area contributed by atoms with Gasteiger partial charge in [0.25, 0.3) is 0 Å². The quantitative estimate of drug-likeness (QED) is 0.534. The second kappa shape index (κ2) is 8.02. The van der Waals surface area contributed by atoms with Gasteiger partial charge >= 0.3 is 0 Å². The molecule has 0 aliphatic carbocycles. The van der Waals surface area contributed by atoms with Crippen molar-refractivity contribution < 1.29 is 4.79 Å². The Labute approximate surface area is 89.3 Å². The second-order valence-electron chi connectivity index (χ2n) is 4.31. The van der Waals surface area contributed by atoms with Gasteiger partial charge in [0.05, 0.1) is 0 Å². The van der Waals surface area contributed by atoms with Crippen molar-refractivity contribution in [3.8, 4) is 0 Å². The van der Waals surface area contributed by atoms with E-state index in [0.29, 0.717) is 24.0 Å². The highest BCUT2D eigenvalue weighted by Gasteiger charge is 2.20. The highest BCUT2D eigenvalue weighted by atomic mass is 16.1. The molecule has 84 valence electrons. The number of ketones is 1. The molecule has 0 N–H and O–H groups in total. The first-order valence-corrected chi connectivity index (χ1v) is 6.19. The van der Waals surface area contributed by atoms with Gasteiger partial charge in [0.2, 0.25) is 0 Å². The largest absolute Gasteiger partial charge is 0.299 e. The summed E-state index contributed by atoms with van der Waals surface area (Å²) in [4.78, 5) is 11.6. The van der Waals surface area contributed by atoms with Gasteiger partial charge in [0.15, 0.2) is 0 Å². The lowest BCUT2D eigenvalue weighted by Gasteiger charge is -2.20. The van der Waals surface area contributed by atoms with Gasteiger partial charge in [-0.3, -0.25) is 4.79 Å². The molecule has 0 aliphatic rings. The predicted octanol–water partition coefficient (Wildman–Crippen LogP) is 4.21. The van der Waals surface area contributed by atoms with E-state index < -0.39 is 0 Å². The molecule has 0 saturated heterocycles. The fourth-order valence-corrected chi connectivity index (χ4v) is 2.13. The molecule has 0 unspecified atom stereocenters. The van der Waals surface area contributed by atoms with E-state index in [2.05, 4.69) is 20.8 Å². The van der Waals surface area contributed by atoms with Crippen LogP contribution in [0.15, 0.2) is 0 Å². The van der Waals surface area contributed by atoms with Crippen molar-refractivity contribution in [1.82, 2.24) is 0 Å². The summed E-state index contributed by atoms with van der Waals surface area (Å²) in [5.74, 6) is 1.35. The Morgan fingerprint density at radius 1 is 1.14 bits per heavy atom. The number of carbonyl (C=O) groups is 1. The van der Waals surface area contributed by atoms with Crippen molar-refractivity contribution in [2.24, 2.45) is 11.8 Å². The van der Waals surface area contributed by atoms with Gasteiger partial charge in [-0.05, 0) is 12.3 Å². The van der Waals surface area contributed by atoms with Crippen LogP contribution < -0.4 is 0 Å². The molecular formula is C13H26O. The monoisotopic (exact) mass is 198 g/mol. The smallest absolute Gasteiger partial charge is 0.135 e. The van der Waals surface area contributed by atoms with E-state index in [1.807, 2.05) is 6.92 Å². The summed E-state index contributed by atoms with van der Waals surface area (Å²) in [5, 5.41) is 0. The first-order chi connectivity index (χ1) is 6.67. The predicted molar refractivity (Wildman–Crippen MR) is 62.4 cm³/mol. The molecule has 0 radical (unpaired) electrons. The van der Waals surface area contributed by atoms with Crippen LogP contribution in [0.25, 0.3) is 0 Å². The van der Waals surface area contributed by atoms with E-state index in [0.717, 1.165) is 6.42 Å². The van der Waals surface area contributed by atoms with Crippen molar-refractivity contribution in [1.29, 1.82) is 0 Å². The zero-order chi connectivity index (χ0) is 11.0. The Morgan fingerprint density at radius 3 is 2.21 bits per heavy atom. The lowest BCUT2D eigenvalue weighted by molar-refractivity contribution is -0.124. The van der Waals surface area contributed by atoms with Crippen LogP contribution in [0.4, 0.5) is 0 Å². The molecule has 0 amide bonds. The van der Waals surface area contributed by atoms with Gasteiger partial charge in [-0.25, -0.2) is 0 Å². The SMILES string of the molecule is CCCCC[C@H](C)[C@@H](CC)C(=O)CC. The first-order valence-electron chi connectivity index (χ1n) is 6.19. The standard InChI is InChI=1S/C13H26O/c1-5-8-9-10-11(4)12(6-2)13(14)7-3/h11-12H,5-10H2,1-4H3/t11-,12+/m0/s1. The summed E-state index contributed by atoms with van der Waals surface area (Å²) in [6.45, 7) is 8.56. The van der Waals surface area contributed by atoms with E-state index in [-0.39, 0.29) is 0 Å². The molecule has 0 rings (SSSR count). The van der Waals surface area contributed by atoms with Crippen molar-refractivity contribution in [2.45, 2.75) is 66.2 Å². The van der Waals surface area contributed by atoms with Crippen LogP contribution in [0, 0.1) is 11.8 Å². The van der Waals surface area contributed by atoms with Crippen molar-refractivity contribution in [2.75, 3.05) is 0 Å². The fourth-order valence-electron chi connectivity index (χ4n) is 2.13. The van der Waals surface area contributed by atoms with E-state index >= 15 is 0 Å². The van der Waals surface area contributed by atoms with Crippen LogP contribution in [0.5, 0.6) is 0 Å². The van der Waals surface area contributed by atoms with Crippen LogP contribution in [-0.2, 0) is 4.79 Å². The lowest BCUT2D eigenvalue weighted by atomic mass is 9.83. The normalized spacial score (nSPS) is 15.1. The molecule has 1 nitrogen and oxygen atoms in total. The molecule has 14 heavy (non-hydrogen) atoms. The molecule has 1 heteroatoms. The summed E-state index contributed by atoms with van der Waals surface area (Å²) >= 11 is 0. The third kappa shape index (κ3) is 4.78. The lowest BCUT2D eigenvalue weighted by Crippen LogP contribution is -2.20. The fraction of sp³-hybridized carbons (Fsp3) is 0.923. The number of hydrogen-bond donors (Lipinski definition) is 0. The van der Waals surface area contributed by atoms with Gasteiger partial charge in [0, 0.05) is 12.3 Å².